The molecule has 3 heterocycles. The van der Waals surface area contributed by atoms with Crippen molar-refractivity contribution in [2.45, 2.75) is 18.9 Å². The van der Waals surface area contributed by atoms with Crippen molar-refractivity contribution < 1.29 is 23.7 Å². The molecule has 8 nitrogen and oxygen atoms in total. The van der Waals surface area contributed by atoms with Gasteiger partial charge in [0.2, 0.25) is 11.8 Å². The Labute approximate surface area is 168 Å². The van der Waals surface area contributed by atoms with Gasteiger partial charge in [0, 0.05) is 24.8 Å². The van der Waals surface area contributed by atoms with Crippen LogP contribution >= 0.6 is 0 Å². The standard InChI is InChI=1S/C21H23N3O5/c22-21(25)15-11-16-13-23-14-24(16)20(12-15)29-19-3-1-17(2-4-19)27-9-10-28-18-5-7-26-8-6-18/h1-4,11-14,18H,5-10H2,(H2,22,25). The van der Waals surface area contributed by atoms with E-state index in [0.29, 0.717) is 30.4 Å². The highest BCUT2D eigenvalue weighted by Crippen LogP contribution is 2.26. The summed E-state index contributed by atoms with van der Waals surface area (Å²) in [5.41, 5.74) is 6.49. The average Bonchev–Trinajstić information content (AvgIpc) is 3.22. The molecule has 3 aromatic rings. The summed E-state index contributed by atoms with van der Waals surface area (Å²) in [6.45, 7) is 2.55. The lowest BCUT2D eigenvalue weighted by atomic mass is 10.2. The summed E-state index contributed by atoms with van der Waals surface area (Å²) in [6.07, 6.45) is 5.39. The molecule has 0 atom stereocenters. The van der Waals surface area contributed by atoms with E-state index in [2.05, 4.69) is 4.98 Å². The van der Waals surface area contributed by atoms with Crippen LogP contribution in [0.1, 0.15) is 23.2 Å². The molecule has 1 aliphatic rings. The SMILES string of the molecule is NC(=O)c1cc(Oc2ccc(OCCOC3CCOCC3)cc2)n2cncc2c1. The molecule has 8 heteroatoms. The number of carbonyl (C=O) groups is 1. The maximum Gasteiger partial charge on any atom is 0.248 e. The van der Waals surface area contributed by atoms with Crippen LogP contribution < -0.4 is 15.2 Å². The smallest absolute Gasteiger partial charge is 0.248 e. The van der Waals surface area contributed by atoms with E-state index in [-0.39, 0.29) is 6.10 Å². The lowest BCUT2D eigenvalue weighted by Gasteiger charge is -2.22. The fourth-order valence-electron chi connectivity index (χ4n) is 3.16. The average molecular weight is 397 g/mol. The third-order valence-corrected chi connectivity index (χ3v) is 4.69. The number of carbonyl (C=O) groups excluding carboxylic acids is 1. The number of nitrogens with zero attached hydrogens (tertiary/aromatic N) is 2. The highest BCUT2D eigenvalue weighted by molar-refractivity contribution is 5.94. The van der Waals surface area contributed by atoms with Gasteiger partial charge in [-0.05, 0) is 43.2 Å². The Hall–Kier alpha value is -3.10. The van der Waals surface area contributed by atoms with Crippen LogP contribution in [-0.4, -0.2) is 47.8 Å². The molecule has 0 spiro atoms. The van der Waals surface area contributed by atoms with Gasteiger partial charge in [-0.1, -0.05) is 0 Å². The number of primary amides is 1. The van der Waals surface area contributed by atoms with Crippen LogP contribution in [0.2, 0.25) is 0 Å². The summed E-state index contributed by atoms with van der Waals surface area (Å²) in [5, 5.41) is 0. The number of imidazole rings is 1. The van der Waals surface area contributed by atoms with Gasteiger partial charge in [0.1, 0.15) is 24.4 Å². The molecule has 0 bridgehead atoms. The normalized spacial score (nSPS) is 14.8. The van der Waals surface area contributed by atoms with Gasteiger partial charge >= 0.3 is 0 Å². The molecular weight excluding hydrogens is 374 g/mol. The number of amides is 1. The first-order valence-electron chi connectivity index (χ1n) is 9.55. The maximum atomic E-state index is 11.5. The van der Waals surface area contributed by atoms with Crippen LogP contribution in [0.15, 0.2) is 48.9 Å². The summed E-state index contributed by atoms with van der Waals surface area (Å²) < 4.78 is 24.5. The molecule has 152 valence electrons. The minimum absolute atomic E-state index is 0.263. The molecule has 0 radical (unpaired) electrons. The molecular formula is C21H23N3O5. The number of rotatable bonds is 8. The third-order valence-electron chi connectivity index (χ3n) is 4.69. The van der Waals surface area contributed by atoms with Gasteiger partial charge in [-0.15, -0.1) is 0 Å². The van der Waals surface area contributed by atoms with Crippen molar-refractivity contribution in [3.8, 4) is 17.4 Å². The van der Waals surface area contributed by atoms with E-state index in [1.165, 1.54) is 0 Å². The van der Waals surface area contributed by atoms with Crippen molar-refractivity contribution in [1.82, 2.24) is 9.38 Å². The zero-order chi connectivity index (χ0) is 20.1. The Balaban J connectivity index is 1.34. The largest absolute Gasteiger partial charge is 0.491 e. The van der Waals surface area contributed by atoms with Gasteiger partial charge in [0.25, 0.3) is 0 Å². The fourth-order valence-corrected chi connectivity index (χ4v) is 3.16. The van der Waals surface area contributed by atoms with E-state index in [4.69, 9.17) is 24.7 Å². The molecule has 1 aromatic carbocycles. The number of hydrogen-bond donors (Lipinski definition) is 1. The van der Waals surface area contributed by atoms with Crippen molar-refractivity contribution in [3.63, 3.8) is 0 Å². The van der Waals surface area contributed by atoms with Crippen LogP contribution in [0.25, 0.3) is 5.52 Å². The fraction of sp³-hybridized carbons (Fsp3) is 0.333. The van der Waals surface area contributed by atoms with E-state index in [1.54, 1.807) is 41.2 Å². The molecule has 1 aliphatic heterocycles. The Morgan fingerprint density at radius 2 is 1.90 bits per heavy atom. The number of fused-ring (bicyclic) bond motifs is 1. The zero-order valence-corrected chi connectivity index (χ0v) is 16.0. The number of benzene rings is 1. The minimum Gasteiger partial charge on any atom is -0.491 e. The molecule has 0 aliphatic carbocycles. The van der Waals surface area contributed by atoms with Crippen molar-refractivity contribution >= 4 is 11.4 Å². The molecule has 1 fully saturated rings. The monoisotopic (exact) mass is 397 g/mol. The molecule has 1 saturated heterocycles. The van der Waals surface area contributed by atoms with Gasteiger partial charge in [-0.25, -0.2) is 4.98 Å². The Morgan fingerprint density at radius 1 is 1.14 bits per heavy atom. The molecule has 0 saturated carbocycles. The first-order valence-corrected chi connectivity index (χ1v) is 9.55. The van der Waals surface area contributed by atoms with Crippen molar-refractivity contribution in [3.05, 3.63) is 54.5 Å². The van der Waals surface area contributed by atoms with Gasteiger partial charge in [-0.2, -0.15) is 0 Å². The van der Waals surface area contributed by atoms with Crippen molar-refractivity contribution in [2.75, 3.05) is 26.4 Å². The van der Waals surface area contributed by atoms with E-state index in [9.17, 15) is 4.79 Å². The van der Waals surface area contributed by atoms with Crippen LogP contribution in [0.3, 0.4) is 0 Å². The molecule has 1 amide bonds. The number of aromatic nitrogens is 2. The molecule has 4 rings (SSSR count). The zero-order valence-electron chi connectivity index (χ0n) is 16.0. The van der Waals surface area contributed by atoms with Crippen molar-refractivity contribution in [1.29, 1.82) is 0 Å². The lowest BCUT2D eigenvalue weighted by Crippen LogP contribution is -2.25. The van der Waals surface area contributed by atoms with Gasteiger partial charge in [0.05, 0.1) is 24.4 Å². The lowest BCUT2D eigenvalue weighted by molar-refractivity contribution is -0.0388. The summed E-state index contributed by atoms with van der Waals surface area (Å²) in [5.74, 6) is 1.26. The maximum absolute atomic E-state index is 11.5. The van der Waals surface area contributed by atoms with Gasteiger partial charge in [-0.3, -0.25) is 9.20 Å². The summed E-state index contributed by atoms with van der Waals surface area (Å²) in [4.78, 5) is 15.6. The highest BCUT2D eigenvalue weighted by atomic mass is 16.5. The van der Waals surface area contributed by atoms with E-state index in [0.717, 1.165) is 37.3 Å². The van der Waals surface area contributed by atoms with Crippen LogP contribution in [0.4, 0.5) is 0 Å². The number of hydrogen-bond acceptors (Lipinski definition) is 6. The highest BCUT2D eigenvalue weighted by Gasteiger charge is 2.14. The van der Waals surface area contributed by atoms with Crippen LogP contribution in [-0.2, 0) is 9.47 Å². The van der Waals surface area contributed by atoms with Crippen LogP contribution in [0.5, 0.6) is 17.4 Å². The first kappa shape index (κ1) is 19.2. The Kier molecular flexibility index (Phi) is 5.92. The summed E-state index contributed by atoms with van der Waals surface area (Å²) >= 11 is 0. The first-order chi connectivity index (χ1) is 14.2. The molecule has 0 unspecified atom stereocenters. The van der Waals surface area contributed by atoms with Gasteiger partial charge in [0.15, 0.2) is 0 Å². The van der Waals surface area contributed by atoms with E-state index < -0.39 is 5.91 Å². The minimum atomic E-state index is -0.523. The predicted molar refractivity (Wildman–Crippen MR) is 106 cm³/mol. The number of ether oxygens (including phenoxy) is 4. The number of pyridine rings is 1. The summed E-state index contributed by atoms with van der Waals surface area (Å²) in [7, 11) is 0. The second-order valence-corrected chi connectivity index (χ2v) is 6.74. The van der Waals surface area contributed by atoms with Crippen LogP contribution in [0, 0.1) is 0 Å². The van der Waals surface area contributed by atoms with Gasteiger partial charge < -0.3 is 24.7 Å². The predicted octanol–water partition coefficient (Wildman–Crippen LogP) is 2.80. The Bertz CT molecular complexity index is 964. The van der Waals surface area contributed by atoms with Crippen molar-refractivity contribution in [2.24, 2.45) is 5.73 Å². The number of nitrogens with two attached hydrogens (primary N) is 1. The topological polar surface area (TPSA) is 97.3 Å². The van der Waals surface area contributed by atoms with E-state index in [1.807, 2.05) is 12.1 Å². The second kappa shape index (κ2) is 8.93. The molecule has 29 heavy (non-hydrogen) atoms. The second-order valence-electron chi connectivity index (χ2n) is 6.74. The molecule has 2 aromatic heterocycles. The quantitative estimate of drug-likeness (QED) is 0.587. The molecule has 2 N–H and O–H groups in total. The Morgan fingerprint density at radius 3 is 2.66 bits per heavy atom. The van der Waals surface area contributed by atoms with E-state index >= 15 is 0 Å². The third kappa shape index (κ3) is 4.85. The summed E-state index contributed by atoms with van der Waals surface area (Å²) in [6, 6.07) is 10.5.